The van der Waals surface area contributed by atoms with Crippen molar-refractivity contribution in [1.29, 1.82) is 0 Å². The second kappa shape index (κ2) is 7.58. The summed E-state index contributed by atoms with van der Waals surface area (Å²) < 4.78 is 7.15. The van der Waals surface area contributed by atoms with Crippen LogP contribution in [-0.2, 0) is 6.54 Å². The van der Waals surface area contributed by atoms with Crippen molar-refractivity contribution in [3.8, 4) is 5.75 Å². The summed E-state index contributed by atoms with van der Waals surface area (Å²) in [4.78, 5) is 22.2. The van der Waals surface area contributed by atoms with Crippen molar-refractivity contribution in [3.05, 3.63) is 68.1 Å². The Morgan fingerprint density at radius 1 is 1.13 bits per heavy atom. The monoisotopic (exact) mass is 316 g/mol. The van der Waals surface area contributed by atoms with Gasteiger partial charge in [0.25, 0.3) is 0 Å². The van der Waals surface area contributed by atoms with Crippen LogP contribution in [0.2, 0.25) is 0 Å². The van der Waals surface area contributed by atoms with Crippen LogP contribution in [0.1, 0.15) is 24.1 Å². The molecule has 2 rings (SSSR count). The highest BCUT2D eigenvalue weighted by atomic mass is 16.6. The van der Waals surface area contributed by atoms with E-state index in [0.29, 0.717) is 19.6 Å². The minimum atomic E-state index is -0.639. The smallest absolute Gasteiger partial charge is 0.334 e. The highest BCUT2D eigenvalue weighted by Gasteiger charge is 2.15. The molecule has 23 heavy (non-hydrogen) atoms. The minimum Gasteiger partial charge on any atom is -0.493 e. The van der Waals surface area contributed by atoms with Crippen LogP contribution in [0.4, 0.5) is 5.69 Å². The third-order valence-corrected chi connectivity index (χ3v) is 3.70. The molecule has 1 aromatic heterocycles. The summed E-state index contributed by atoms with van der Waals surface area (Å²) in [7, 11) is 0. The lowest BCUT2D eigenvalue weighted by molar-refractivity contribution is -0.386. The molecule has 6 heteroatoms. The van der Waals surface area contributed by atoms with Gasteiger partial charge in [0.15, 0.2) is 0 Å². The topological polar surface area (TPSA) is 74.4 Å². The van der Waals surface area contributed by atoms with Crippen LogP contribution in [-0.4, -0.2) is 16.1 Å². The third-order valence-electron chi connectivity index (χ3n) is 3.70. The molecule has 6 nitrogen and oxygen atoms in total. The number of aryl methyl sites for hydroxylation is 2. The lowest BCUT2D eigenvalue weighted by Gasteiger charge is -2.11. The zero-order valence-electron chi connectivity index (χ0n) is 13.3. The standard InChI is InChI=1S/C17H20N2O4/c1-13-7-3-4-8-16(13)23-12-6-5-11-18-14(2)9-10-15(17(18)20)19(21)22/h3-4,7-10H,5-6,11-12H2,1-2H3. The summed E-state index contributed by atoms with van der Waals surface area (Å²) >= 11 is 0. The number of ether oxygens (including phenoxy) is 1. The molecule has 0 aliphatic heterocycles. The van der Waals surface area contributed by atoms with Gasteiger partial charge in [-0.3, -0.25) is 14.9 Å². The summed E-state index contributed by atoms with van der Waals surface area (Å²) in [6.07, 6.45) is 1.48. The maximum atomic E-state index is 12.1. The van der Waals surface area contributed by atoms with E-state index in [-0.39, 0.29) is 5.69 Å². The Morgan fingerprint density at radius 3 is 2.57 bits per heavy atom. The van der Waals surface area contributed by atoms with Gasteiger partial charge < -0.3 is 9.30 Å². The van der Waals surface area contributed by atoms with E-state index < -0.39 is 10.5 Å². The van der Waals surface area contributed by atoms with Crippen LogP contribution in [0.15, 0.2) is 41.2 Å². The predicted octanol–water partition coefficient (Wildman–Crippen LogP) is 3.23. The highest BCUT2D eigenvalue weighted by Crippen LogP contribution is 2.16. The van der Waals surface area contributed by atoms with E-state index in [4.69, 9.17) is 4.74 Å². The molecule has 122 valence electrons. The molecule has 0 saturated heterocycles. The average Bonchev–Trinajstić information content (AvgIpc) is 2.51. The SMILES string of the molecule is Cc1ccccc1OCCCCn1c(C)ccc([N+](=O)[O-])c1=O. The fourth-order valence-corrected chi connectivity index (χ4v) is 2.35. The first kappa shape index (κ1) is 16.7. The second-order valence-corrected chi connectivity index (χ2v) is 5.39. The van der Waals surface area contributed by atoms with Gasteiger partial charge in [-0.05, 0) is 44.4 Å². The van der Waals surface area contributed by atoms with Crippen LogP contribution >= 0.6 is 0 Å². The van der Waals surface area contributed by atoms with E-state index in [1.165, 1.54) is 10.6 Å². The summed E-state index contributed by atoms with van der Waals surface area (Å²) in [5, 5.41) is 10.8. The molecule has 0 amide bonds. The van der Waals surface area contributed by atoms with Crippen molar-refractivity contribution in [1.82, 2.24) is 4.57 Å². The quantitative estimate of drug-likeness (QED) is 0.446. The molecule has 0 atom stereocenters. The largest absolute Gasteiger partial charge is 0.493 e. The van der Waals surface area contributed by atoms with E-state index in [1.54, 1.807) is 13.0 Å². The van der Waals surface area contributed by atoms with Gasteiger partial charge in [-0.25, -0.2) is 0 Å². The number of rotatable bonds is 7. The maximum Gasteiger partial charge on any atom is 0.334 e. The second-order valence-electron chi connectivity index (χ2n) is 5.39. The molecule has 0 unspecified atom stereocenters. The van der Waals surface area contributed by atoms with Crippen molar-refractivity contribution in [2.45, 2.75) is 33.2 Å². The normalized spacial score (nSPS) is 10.5. The van der Waals surface area contributed by atoms with Crippen LogP contribution in [0.5, 0.6) is 5.75 Å². The summed E-state index contributed by atoms with van der Waals surface area (Å²) in [5.74, 6) is 0.858. The number of hydrogen-bond acceptors (Lipinski definition) is 4. The fourth-order valence-electron chi connectivity index (χ4n) is 2.35. The molecular weight excluding hydrogens is 296 g/mol. The van der Waals surface area contributed by atoms with Gasteiger partial charge >= 0.3 is 11.2 Å². The number of nitrogens with zero attached hydrogens (tertiary/aromatic N) is 2. The average molecular weight is 316 g/mol. The number of hydrogen-bond donors (Lipinski definition) is 0. The van der Waals surface area contributed by atoms with Gasteiger partial charge in [0.2, 0.25) is 0 Å². The first-order valence-corrected chi connectivity index (χ1v) is 7.54. The first-order chi connectivity index (χ1) is 11.0. The van der Waals surface area contributed by atoms with E-state index in [0.717, 1.165) is 23.4 Å². The van der Waals surface area contributed by atoms with Crippen molar-refractivity contribution < 1.29 is 9.66 Å². The van der Waals surface area contributed by atoms with Gasteiger partial charge in [0.05, 0.1) is 11.5 Å². The Labute approximate surface area is 134 Å². The van der Waals surface area contributed by atoms with E-state index in [2.05, 4.69) is 0 Å². The van der Waals surface area contributed by atoms with Crippen LogP contribution in [0, 0.1) is 24.0 Å². The van der Waals surface area contributed by atoms with E-state index in [9.17, 15) is 14.9 Å². The lowest BCUT2D eigenvalue weighted by atomic mass is 10.2. The van der Waals surface area contributed by atoms with Crippen molar-refractivity contribution >= 4 is 5.69 Å². The Balaban J connectivity index is 1.90. The molecule has 0 spiro atoms. The van der Waals surface area contributed by atoms with Gasteiger partial charge in [-0.1, -0.05) is 18.2 Å². The van der Waals surface area contributed by atoms with Gasteiger partial charge in [-0.2, -0.15) is 0 Å². The Bertz CT molecular complexity index is 752. The molecule has 0 radical (unpaired) electrons. The Kier molecular flexibility index (Phi) is 5.51. The number of para-hydroxylation sites is 1. The van der Waals surface area contributed by atoms with Gasteiger partial charge in [0.1, 0.15) is 5.75 Å². The van der Waals surface area contributed by atoms with Crippen LogP contribution < -0.4 is 10.3 Å². The Morgan fingerprint density at radius 2 is 1.87 bits per heavy atom. The maximum absolute atomic E-state index is 12.1. The van der Waals surface area contributed by atoms with Crippen molar-refractivity contribution in [2.24, 2.45) is 0 Å². The Hall–Kier alpha value is -2.63. The molecule has 0 bridgehead atoms. The fraction of sp³-hybridized carbons (Fsp3) is 0.353. The van der Waals surface area contributed by atoms with Crippen molar-refractivity contribution in [2.75, 3.05) is 6.61 Å². The molecule has 0 aliphatic carbocycles. The zero-order valence-corrected chi connectivity index (χ0v) is 13.3. The van der Waals surface area contributed by atoms with E-state index in [1.807, 2.05) is 31.2 Å². The number of unbranched alkanes of at least 4 members (excludes halogenated alkanes) is 1. The van der Waals surface area contributed by atoms with Crippen LogP contribution in [0.3, 0.4) is 0 Å². The molecule has 2 aromatic rings. The number of benzene rings is 1. The minimum absolute atomic E-state index is 0.383. The molecule has 0 aliphatic rings. The highest BCUT2D eigenvalue weighted by molar-refractivity contribution is 5.31. The van der Waals surface area contributed by atoms with Gasteiger partial charge in [0, 0.05) is 18.3 Å². The summed E-state index contributed by atoms with van der Waals surface area (Å²) in [6.45, 7) is 4.76. The number of nitro groups is 1. The number of aromatic nitrogens is 1. The molecule has 1 aromatic carbocycles. The van der Waals surface area contributed by atoms with Crippen molar-refractivity contribution in [3.63, 3.8) is 0 Å². The first-order valence-electron chi connectivity index (χ1n) is 7.54. The lowest BCUT2D eigenvalue weighted by Crippen LogP contribution is -2.24. The van der Waals surface area contributed by atoms with Crippen LogP contribution in [0.25, 0.3) is 0 Å². The van der Waals surface area contributed by atoms with Gasteiger partial charge in [-0.15, -0.1) is 0 Å². The molecule has 0 saturated carbocycles. The third kappa shape index (κ3) is 4.18. The number of pyridine rings is 1. The van der Waals surface area contributed by atoms with E-state index >= 15 is 0 Å². The molecule has 0 N–H and O–H groups in total. The zero-order chi connectivity index (χ0) is 16.8. The summed E-state index contributed by atoms with van der Waals surface area (Å²) in [6, 6.07) is 10.7. The molecular formula is C17H20N2O4. The summed E-state index contributed by atoms with van der Waals surface area (Å²) in [5.41, 5.74) is 0.875. The predicted molar refractivity (Wildman–Crippen MR) is 88.0 cm³/mol. The molecule has 0 fully saturated rings. The molecule has 1 heterocycles.